The van der Waals surface area contributed by atoms with Crippen molar-refractivity contribution in [3.8, 4) is 0 Å². The summed E-state index contributed by atoms with van der Waals surface area (Å²) >= 11 is 0. The third-order valence-electron chi connectivity index (χ3n) is 5.20. The smallest absolute Gasteiger partial charge is 0.317 e. The Bertz CT molecular complexity index is 874. The zero-order chi connectivity index (χ0) is 19.9. The van der Waals surface area contributed by atoms with Crippen LogP contribution in [0.25, 0.3) is 11.1 Å². The molecule has 0 bridgehead atoms. The lowest BCUT2D eigenvalue weighted by Gasteiger charge is -2.24. The van der Waals surface area contributed by atoms with Gasteiger partial charge in [-0.3, -0.25) is 4.79 Å². The molecule has 1 N–H and O–H groups in total. The molecule has 0 saturated carbocycles. The van der Waals surface area contributed by atoms with Crippen molar-refractivity contribution in [1.82, 2.24) is 25.3 Å². The van der Waals surface area contributed by atoms with E-state index in [0.29, 0.717) is 47.1 Å². The minimum Gasteiger partial charge on any atom is -0.336 e. The van der Waals surface area contributed by atoms with Gasteiger partial charge in [0.2, 0.25) is 0 Å². The molecule has 1 saturated heterocycles. The van der Waals surface area contributed by atoms with Gasteiger partial charge in [0.25, 0.3) is 11.6 Å². The topological polar surface area (TPSA) is 91.6 Å². The van der Waals surface area contributed by atoms with Crippen LogP contribution >= 0.6 is 0 Å². The summed E-state index contributed by atoms with van der Waals surface area (Å²) in [6.45, 7) is 8.95. The molecule has 3 heterocycles. The Kier molecular flexibility index (Phi) is 5.08. The minimum atomic E-state index is -0.142. The molecule has 0 aliphatic carbocycles. The number of aromatic nitrogens is 2. The number of aryl methyl sites for hydroxylation is 2. The lowest BCUT2D eigenvalue weighted by Crippen LogP contribution is -2.46. The molecule has 1 fully saturated rings. The largest absolute Gasteiger partial charge is 0.336 e. The number of hydrogen-bond donors (Lipinski definition) is 1. The van der Waals surface area contributed by atoms with E-state index in [4.69, 9.17) is 4.52 Å². The highest BCUT2D eigenvalue weighted by Gasteiger charge is 2.39. The highest BCUT2D eigenvalue weighted by atomic mass is 16.5. The van der Waals surface area contributed by atoms with Gasteiger partial charge in [0.05, 0.1) is 22.7 Å². The van der Waals surface area contributed by atoms with Crippen LogP contribution in [0, 0.1) is 25.7 Å². The van der Waals surface area contributed by atoms with Crippen LogP contribution < -0.4 is 5.32 Å². The van der Waals surface area contributed by atoms with Crippen molar-refractivity contribution in [3.05, 3.63) is 23.0 Å². The predicted molar refractivity (Wildman–Crippen MR) is 102 cm³/mol. The molecule has 0 unspecified atom stereocenters. The van der Waals surface area contributed by atoms with E-state index in [1.54, 1.807) is 27.1 Å². The molecular weight excluding hydrogens is 346 g/mol. The highest BCUT2D eigenvalue weighted by Crippen LogP contribution is 2.29. The van der Waals surface area contributed by atoms with Crippen LogP contribution in [-0.2, 0) is 0 Å². The SMILES string of the molecule is Cc1cc(C(=O)N2C[C@@H](NC(=O)N(C)C)[C@H](C(C)C)C2)c2c(C)noc2n1. The first-order chi connectivity index (χ1) is 12.7. The van der Waals surface area contributed by atoms with E-state index >= 15 is 0 Å². The highest BCUT2D eigenvalue weighted by molar-refractivity contribution is 6.06. The van der Waals surface area contributed by atoms with Gasteiger partial charge in [0.1, 0.15) is 0 Å². The molecule has 2 aromatic heterocycles. The van der Waals surface area contributed by atoms with Crippen LogP contribution in [0.15, 0.2) is 10.6 Å². The van der Waals surface area contributed by atoms with Crippen molar-refractivity contribution in [3.63, 3.8) is 0 Å². The second-order valence-corrected chi connectivity index (χ2v) is 7.83. The minimum absolute atomic E-state index is 0.0779. The number of amides is 3. The predicted octanol–water partition coefficient (Wildman–Crippen LogP) is 2.21. The van der Waals surface area contributed by atoms with Crippen LogP contribution in [0.2, 0.25) is 0 Å². The van der Waals surface area contributed by atoms with Gasteiger partial charge in [0, 0.05) is 38.8 Å². The number of fused-ring (bicyclic) bond motifs is 1. The second-order valence-electron chi connectivity index (χ2n) is 7.83. The molecule has 8 heteroatoms. The summed E-state index contributed by atoms with van der Waals surface area (Å²) in [5.74, 6) is 0.454. The van der Waals surface area contributed by atoms with E-state index in [1.165, 1.54) is 4.90 Å². The van der Waals surface area contributed by atoms with Crippen LogP contribution in [0.5, 0.6) is 0 Å². The van der Waals surface area contributed by atoms with E-state index in [1.807, 2.05) is 11.8 Å². The van der Waals surface area contributed by atoms with Crippen molar-refractivity contribution in [1.29, 1.82) is 0 Å². The van der Waals surface area contributed by atoms with E-state index < -0.39 is 0 Å². The van der Waals surface area contributed by atoms with Gasteiger partial charge in [0.15, 0.2) is 0 Å². The molecule has 1 aliphatic heterocycles. The summed E-state index contributed by atoms with van der Waals surface area (Å²) in [5, 5.41) is 7.66. The number of hydrogen-bond acceptors (Lipinski definition) is 5. The Morgan fingerprint density at radius 2 is 2.00 bits per heavy atom. The maximum Gasteiger partial charge on any atom is 0.317 e. The monoisotopic (exact) mass is 373 g/mol. The van der Waals surface area contributed by atoms with Gasteiger partial charge < -0.3 is 19.6 Å². The number of carbonyl (C=O) groups is 2. The average molecular weight is 373 g/mol. The molecule has 8 nitrogen and oxygen atoms in total. The van der Waals surface area contributed by atoms with Gasteiger partial charge in [-0.05, 0) is 25.8 Å². The van der Waals surface area contributed by atoms with Crippen molar-refractivity contribution in [2.75, 3.05) is 27.2 Å². The summed E-state index contributed by atoms with van der Waals surface area (Å²) in [4.78, 5) is 33.1. The maximum absolute atomic E-state index is 13.3. The van der Waals surface area contributed by atoms with Crippen molar-refractivity contribution >= 4 is 23.0 Å². The van der Waals surface area contributed by atoms with Crippen LogP contribution in [-0.4, -0.2) is 65.1 Å². The average Bonchev–Trinajstić information content (AvgIpc) is 3.17. The lowest BCUT2D eigenvalue weighted by molar-refractivity contribution is 0.0784. The Hall–Kier alpha value is -2.64. The standard InChI is InChI=1S/C19H27N5O3/c1-10(2)14-8-24(9-15(14)21-19(26)23(5)6)18(25)13-7-11(3)20-17-16(13)12(4)22-27-17/h7,10,14-15H,8-9H2,1-6H3,(H,21,26)/t14-,15+/m0/s1. The third kappa shape index (κ3) is 3.61. The fourth-order valence-corrected chi connectivity index (χ4v) is 3.67. The molecule has 3 amide bonds. The first-order valence-electron chi connectivity index (χ1n) is 9.19. The summed E-state index contributed by atoms with van der Waals surface area (Å²) < 4.78 is 5.25. The number of nitrogens with zero attached hydrogens (tertiary/aromatic N) is 4. The van der Waals surface area contributed by atoms with Gasteiger partial charge in [-0.2, -0.15) is 0 Å². The quantitative estimate of drug-likeness (QED) is 0.891. The van der Waals surface area contributed by atoms with Crippen molar-refractivity contribution in [2.45, 2.75) is 33.7 Å². The van der Waals surface area contributed by atoms with Crippen LogP contribution in [0.4, 0.5) is 4.79 Å². The lowest BCUT2D eigenvalue weighted by atomic mass is 9.91. The summed E-state index contributed by atoms with van der Waals surface area (Å²) in [6.07, 6.45) is 0. The van der Waals surface area contributed by atoms with Crippen molar-refractivity contribution < 1.29 is 14.1 Å². The van der Waals surface area contributed by atoms with Crippen LogP contribution in [0.3, 0.4) is 0 Å². The Labute approximate surface area is 158 Å². The fourth-order valence-electron chi connectivity index (χ4n) is 3.67. The van der Waals surface area contributed by atoms with Gasteiger partial charge in [-0.1, -0.05) is 19.0 Å². The van der Waals surface area contributed by atoms with E-state index in [-0.39, 0.29) is 23.9 Å². The number of nitrogens with one attached hydrogen (secondary N) is 1. The Morgan fingerprint density at radius 1 is 1.30 bits per heavy atom. The number of carbonyl (C=O) groups excluding carboxylic acids is 2. The zero-order valence-electron chi connectivity index (χ0n) is 16.7. The van der Waals surface area contributed by atoms with Crippen LogP contribution in [0.1, 0.15) is 35.6 Å². The van der Waals surface area contributed by atoms with E-state index in [2.05, 4.69) is 29.3 Å². The van der Waals surface area contributed by atoms with E-state index in [0.717, 1.165) is 0 Å². The van der Waals surface area contributed by atoms with Gasteiger partial charge in [-0.25, -0.2) is 9.78 Å². The number of pyridine rings is 1. The molecule has 2 atom stereocenters. The normalized spacial score (nSPS) is 19.7. The summed E-state index contributed by atoms with van der Waals surface area (Å²) in [6, 6.07) is 1.56. The molecule has 0 spiro atoms. The van der Waals surface area contributed by atoms with E-state index in [9.17, 15) is 9.59 Å². The number of urea groups is 1. The molecule has 0 radical (unpaired) electrons. The molecule has 3 rings (SSSR count). The molecule has 1 aliphatic rings. The summed E-state index contributed by atoms with van der Waals surface area (Å²) in [7, 11) is 3.42. The zero-order valence-corrected chi connectivity index (χ0v) is 16.7. The third-order valence-corrected chi connectivity index (χ3v) is 5.20. The summed E-state index contributed by atoms with van der Waals surface area (Å²) in [5.41, 5.74) is 2.29. The number of rotatable bonds is 3. The molecular formula is C19H27N5O3. The van der Waals surface area contributed by atoms with Crippen molar-refractivity contribution in [2.24, 2.45) is 11.8 Å². The second kappa shape index (κ2) is 7.17. The first-order valence-corrected chi connectivity index (χ1v) is 9.19. The Balaban J connectivity index is 1.90. The molecule has 0 aromatic carbocycles. The fraction of sp³-hybridized carbons (Fsp3) is 0.579. The molecule has 2 aromatic rings. The van der Waals surface area contributed by atoms with Gasteiger partial charge in [-0.15, -0.1) is 0 Å². The molecule has 146 valence electrons. The maximum atomic E-state index is 13.3. The number of likely N-dealkylation sites (tertiary alicyclic amines) is 1. The Morgan fingerprint density at radius 3 is 2.63 bits per heavy atom. The first kappa shape index (κ1) is 19.1. The van der Waals surface area contributed by atoms with Gasteiger partial charge >= 0.3 is 6.03 Å². The molecule has 27 heavy (non-hydrogen) atoms.